The molecule has 1 aromatic carbocycles. The maximum Gasteiger partial charge on any atom is 0.222 e. The summed E-state index contributed by atoms with van der Waals surface area (Å²) in [6.07, 6.45) is 0. The van der Waals surface area contributed by atoms with Gasteiger partial charge in [-0.05, 0) is 25.0 Å². The SMILES string of the molecule is Cc1cccc(-c2cc(NCCO)nc(N)n2)c1C. The van der Waals surface area contributed by atoms with Gasteiger partial charge in [0, 0.05) is 18.2 Å². The predicted molar refractivity (Wildman–Crippen MR) is 76.9 cm³/mol. The van der Waals surface area contributed by atoms with E-state index in [9.17, 15) is 0 Å². The molecule has 100 valence electrons. The van der Waals surface area contributed by atoms with E-state index in [-0.39, 0.29) is 12.6 Å². The first-order valence-corrected chi connectivity index (χ1v) is 6.17. The van der Waals surface area contributed by atoms with Crippen LogP contribution >= 0.6 is 0 Å². The minimum absolute atomic E-state index is 0.0444. The number of rotatable bonds is 4. The second-order valence-corrected chi connectivity index (χ2v) is 4.39. The lowest BCUT2D eigenvalue weighted by Crippen LogP contribution is -2.09. The lowest BCUT2D eigenvalue weighted by Gasteiger charge is -2.10. The molecule has 0 atom stereocenters. The first-order valence-electron chi connectivity index (χ1n) is 6.17. The van der Waals surface area contributed by atoms with E-state index < -0.39 is 0 Å². The van der Waals surface area contributed by atoms with Crippen LogP contribution in [-0.4, -0.2) is 28.2 Å². The van der Waals surface area contributed by atoms with Gasteiger partial charge in [-0.15, -0.1) is 0 Å². The third-order valence-electron chi connectivity index (χ3n) is 3.04. The fourth-order valence-corrected chi connectivity index (χ4v) is 1.91. The van der Waals surface area contributed by atoms with Gasteiger partial charge in [0.25, 0.3) is 0 Å². The van der Waals surface area contributed by atoms with Crippen molar-refractivity contribution in [2.24, 2.45) is 0 Å². The normalized spacial score (nSPS) is 10.5. The van der Waals surface area contributed by atoms with E-state index in [1.807, 2.05) is 18.2 Å². The summed E-state index contributed by atoms with van der Waals surface area (Å²) in [5.41, 5.74) is 9.94. The number of aromatic nitrogens is 2. The first kappa shape index (κ1) is 13.3. The maximum absolute atomic E-state index is 8.83. The van der Waals surface area contributed by atoms with Crippen molar-refractivity contribution in [1.29, 1.82) is 0 Å². The summed E-state index contributed by atoms with van der Waals surface area (Å²) in [5.74, 6) is 0.844. The molecular formula is C14H18N4O. The zero-order chi connectivity index (χ0) is 13.8. The van der Waals surface area contributed by atoms with E-state index >= 15 is 0 Å². The quantitative estimate of drug-likeness (QED) is 0.778. The van der Waals surface area contributed by atoms with Crippen molar-refractivity contribution in [2.45, 2.75) is 13.8 Å². The summed E-state index contributed by atoms with van der Waals surface area (Å²) in [4.78, 5) is 8.37. The molecule has 5 nitrogen and oxygen atoms in total. The Hall–Kier alpha value is -2.14. The molecule has 19 heavy (non-hydrogen) atoms. The molecule has 0 aliphatic rings. The number of nitrogens with two attached hydrogens (primary N) is 1. The number of aliphatic hydroxyl groups excluding tert-OH is 1. The van der Waals surface area contributed by atoms with Crippen LogP contribution in [0.3, 0.4) is 0 Å². The van der Waals surface area contributed by atoms with E-state index in [0.717, 1.165) is 11.3 Å². The topological polar surface area (TPSA) is 84.1 Å². The van der Waals surface area contributed by atoms with Gasteiger partial charge in [-0.2, -0.15) is 4.98 Å². The van der Waals surface area contributed by atoms with Crippen LogP contribution in [0.5, 0.6) is 0 Å². The Morgan fingerprint density at radius 3 is 2.79 bits per heavy atom. The number of hydrogen-bond donors (Lipinski definition) is 3. The molecule has 5 heteroatoms. The van der Waals surface area contributed by atoms with Gasteiger partial charge in [0.2, 0.25) is 5.95 Å². The number of nitrogen functional groups attached to an aromatic ring is 1. The molecule has 0 unspecified atom stereocenters. The highest BCUT2D eigenvalue weighted by Gasteiger charge is 2.08. The van der Waals surface area contributed by atoms with Crippen LogP contribution in [0.2, 0.25) is 0 Å². The van der Waals surface area contributed by atoms with Crippen molar-refractivity contribution >= 4 is 11.8 Å². The number of nitrogens with one attached hydrogen (secondary N) is 1. The Balaban J connectivity index is 2.44. The van der Waals surface area contributed by atoms with E-state index in [2.05, 4.69) is 35.2 Å². The molecule has 2 aromatic rings. The molecule has 0 fully saturated rings. The summed E-state index contributed by atoms with van der Waals surface area (Å²) >= 11 is 0. The standard InChI is InChI=1S/C14H18N4O/c1-9-4-3-5-11(10(9)2)12-8-13(16-6-7-19)18-14(15)17-12/h3-5,8,19H,6-7H2,1-2H3,(H3,15,16,17,18). The third-order valence-corrected chi connectivity index (χ3v) is 3.04. The van der Waals surface area contributed by atoms with Gasteiger partial charge in [0.15, 0.2) is 0 Å². The number of aliphatic hydroxyl groups is 1. The monoisotopic (exact) mass is 258 g/mol. The highest BCUT2D eigenvalue weighted by molar-refractivity contribution is 5.68. The molecule has 4 N–H and O–H groups in total. The second-order valence-electron chi connectivity index (χ2n) is 4.39. The van der Waals surface area contributed by atoms with E-state index in [4.69, 9.17) is 10.8 Å². The summed E-state index contributed by atoms with van der Waals surface area (Å²) in [6, 6.07) is 7.92. The Bertz CT molecular complexity index is 584. The van der Waals surface area contributed by atoms with Gasteiger partial charge in [-0.3, -0.25) is 0 Å². The molecule has 0 saturated heterocycles. The number of hydrogen-bond acceptors (Lipinski definition) is 5. The van der Waals surface area contributed by atoms with Gasteiger partial charge in [0.1, 0.15) is 5.82 Å². The molecule has 0 saturated carbocycles. The number of nitrogens with zero attached hydrogens (tertiary/aromatic N) is 2. The lowest BCUT2D eigenvalue weighted by atomic mass is 10.0. The molecule has 0 bridgehead atoms. The second kappa shape index (κ2) is 5.67. The average Bonchev–Trinajstić information content (AvgIpc) is 2.39. The van der Waals surface area contributed by atoms with Crippen LogP contribution in [0.25, 0.3) is 11.3 Å². The first-order chi connectivity index (χ1) is 9.11. The molecule has 0 aliphatic carbocycles. The molecular weight excluding hydrogens is 240 g/mol. The van der Waals surface area contributed by atoms with Gasteiger partial charge in [-0.25, -0.2) is 4.98 Å². The van der Waals surface area contributed by atoms with Crippen LogP contribution in [-0.2, 0) is 0 Å². The van der Waals surface area contributed by atoms with Crippen molar-refractivity contribution in [3.8, 4) is 11.3 Å². The summed E-state index contributed by atoms with van der Waals surface area (Å²) in [6.45, 7) is 4.60. The molecule has 0 amide bonds. The zero-order valence-corrected chi connectivity index (χ0v) is 11.1. The smallest absolute Gasteiger partial charge is 0.222 e. The van der Waals surface area contributed by atoms with Crippen LogP contribution in [0.15, 0.2) is 24.3 Å². The van der Waals surface area contributed by atoms with Crippen LogP contribution < -0.4 is 11.1 Å². The fourth-order valence-electron chi connectivity index (χ4n) is 1.91. The molecule has 0 radical (unpaired) electrons. The minimum atomic E-state index is 0.0444. The fraction of sp³-hybridized carbons (Fsp3) is 0.286. The third kappa shape index (κ3) is 3.00. The van der Waals surface area contributed by atoms with Crippen LogP contribution in [0, 0.1) is 13.8 Å². The van der Waals surface area contributed by atoms with Crippen molar-refractivity contribution < 1.29 is 5.11 Å². The highest BCUT2D eigenvalue weighted by atomic mass is 16.3. The van der Waals surface area contributed by atoms with Crippen molar-refractivity contribution in [2.75, 3.05) is 24.2 Å². The highest BCUT2D eigenvalue weighted by Crippen LogP contribution is 2.25. The van der Waals surface area contributed by atoms with Crippen LogP contribution in [0.4, 0.5) is 11.8 Å². The van der Waals surface area contributed by atoms with Crippen LogP contribution in [0.1, 0.15) is 11.1 Å². The summed E-state index contributed by atoms with van der Waals surface area (Å²) < 4.78 is 0. The zero-order valence-electron chi connectivity index (χ0n) is 11.1. The molecule has 1 aromatic heterocycles. The summed E-state index contributed by atoms with van der Waals surface area (Å²) in [7, 11) is 0. The molecule has 0 spiro atoms. The van der Waals surface area contributed by atoms with Crippen molar-refractivity contribution in [1.82, 2.24) is 9.97 Å². The van der Waals surface area contributed by atoms with Gasteiger partial charge < -0.3 is 16.2 Å². The lowest BCUT2D eigenvalue weighted by molar-refractivity contribution is 0.311. The van der Waals surface area contributed by atoms with Gasteiger partial charge >= 0.3 is 0 Å². The van der Waals surface area contributed by atoms with Gasteiger partial charge in [-0.1, -0.05) is 18.2 Å². The summed E-state index contributed by atoms with van der Waals surface area (Å²) in [5, 5.41) is 11.8. The number of anilines is 2. The Labute approximate surface area is 112 Å². The number of aryl methyl sites for hydroxylation is 1. The minimum Gasteiger partial charge on any atom is -0.395 e. The Morgan fingerprint density at radius 1 is 1.26 bits per heavy atom. The Morgan fingerprint density at radius 2 is 2.05 bits per heavy atom. The van der Waals surface area contributed by atoms with E-state index in [1.54, 1.807) is 0 Å². The number of benzene rings is 1. The van der Waals surface area contributed by atoms with Gasteiger partial charge in [0.05, 0.1) is 12.3 Å². The van der Waals surface area contributed by atoms with E-state index in [1.165, 1.54) is 11.1 Å². The van der Waals surface area contributed by atoms with Crippen molar-refractivity contribution in [3.05, 3.63) is 35.4 Å². The molecule has 2 rings (SSSR count). The largest absolute Gasteiger partial charge is 0.395 e. The average molecular weight is 258 g/mol. The van der Waals surface area contributed by atoms with Crippen molar-refractivity contribution in [3.63, 3.8) is 0 Å². The maximum atomic E-state index is 8.83. The molecule has 1 heterocycles. The molecule has 0 aliphatic heterocycles. The predicted octanol–water partition coefficient (Wildman–Crippen LogP) is 1.75. The van der Waals surface area contributed by atoms with E-state index in [0.29, 0.717) is 12.4 Å². The Kier molecular flexibility index (Phi) is 3.97.